The Labute approximate surface area is 196 Å². The van der Waals surface area contributed by atoms with Gasteiger partial charge in [0.15, 0.2) is 11.6 Å². The number of azo groups is 1. The van der Waals surface area contributed by atoms with E-state index in [2.05, 4.69) is 50.2 Å². The summed E-state index contributed by atoms with van der Waals surface area (Å²) in [5, 5.41) is 12.5. The number of ketones is 1. The highest BCUT2D eigenvalue weighted by atomic mass is 32.2. The number of dihydropyridines is 1. The van der Waals surface area contributed by atoms with Crippen LogP contribution in [-0.2, 0) is 14.8 Å². The summed E-state index contributed by atoms with van der Waals surface area (Å²) in [5.74, 6) is 0.823. The molecule has 0 amide bonds. The Morgan fingerprint density at radius 1 is 1.12 bits per heavy atom. The van der Waals surface area contributed by atoms with Crippen molar-refractivity contribution in [2.24, 2.45) is 26.5 Å². The molecule has 176 valence electrons. The first kappa shape index (κ1) is 22.5. The Morgan fingerprint density at radius 2 is 1.79 bits per heavy atom. The molecule has 1 aliphatic carbocycles. The lowest BCUT2D eigenvalue weighted by Crippen LogP contribution is -2.64. The van der Waals surface area contributed by atoms with Gasteiger partial charge in [0.25, 0.3) is 0 Å². The maximum atomic E-state index is 13.5. The summed E-state index contributed by atoms with van der Waals surface area (Å²) in [6.07, 6.45) is 1.98. The molecule has 7 nitrogen and oxygen atoms in total. The maximum absolute atomic E-state index is 13.5. The molecule has 1 N–H and O–H groups in total. The zero-order valence-corrected chi connectivity index (χ0v) is 20.8. The molecule has 1 saturated heterocycles. The van der Waals surface area contributed by atoms with Crippen LogP contribution in [0.3, 0.4) is 0 Å². The van der Waals surface area contributed by atoms with E-state index in [1.807, 2.05) is 0 Å². The van der Waals surface area contributed by atoms with E-state index in [9.17, 15) is 13.2 Å². The molecule has 1 fully saturated rings. The molecule has 3 heterocycles. The third-order valence-corrected chi connectivity index (χ3v) is 8.91. The third kappa shape index (κ3) is 3.58. The van der Waals surface area contributed by atoms with E-state index in [1.165, 1.54) is 4.31 Å². The second kappa shape index (κ2) is 7.09. The molecular formula is C25H32N4O3S. The first-order valence-corrected chi connectivity index (χ1v) is 13.0. The Balaban J connectivity index is 1.57. The molecule has 0 radical (unpaired) electrons. The summed E-state index contributed by atoms with van der Waals surface area (Å²) in [7, 11) is -3.64. The second-order valence-electron chi connectivity index (χ2n) is 11.8. The molecule has 1 atom stereocenters. The van der Waals surface area contributed by atoms with E-state index in [0.717, 1.165) is 29.7 Å². The van der Waals surface area contributed by atoms with Gasteiger partial charge in [-0.3, -0.25) is 4.79 Å². The van der Waals surface area contributed by atoms with Crippen molar-refractivity contribution in [1.82, 2.24) is 9.62 Å². The van der Waals surface area contributed by atoms with Crippen LogP contribution >= 0.6 is 0 Å². The van der Waals surface area contributed by atoms with Crippen molar-refractivity contribution in [2.75, 3.05) is 13.1 Å². The number of rotatable bonds is 3. The maximum Gasteiger partial charge on any atom is 0.243 e. The van der Waals surface area contributed by atoms with Gasteiger partial charge in [0.05, 0.1) is 16.4 Å². The average Bonchev–Trinajstić information content (AvgIpc) is 3.05. The predicted octanol–water partition coefficient (Wildman–Crippen LogP) is 4.41. The van der Waals surface area contributed by atoms with E-state index < -0.39 is 15.4 Å². The van der Waals surface area contributed by atoms with Crippen LogP contribution in [0.25, 0.3) is 0 Å². The highest BCUT2D eigenvalue weighted by molar-refractivity contribution is 7.89. The third-order valence-electron chi connectivity index (χ3n) is 7.10. The van der Waals surface area contributed by atoms with Gasteiger partial charge in [-0.15, -0.1) is 5.11 Å². The zero-order valence-electron chi connectivity index (χ0n) is 20.0. The minimum atomic E-state index is -3.64. The molecule has 0 aromatic heterocycles. The number of hydrogen-bond donors (Lipinski definition) is 1. The Kier molecular flexibility index (Phi) is 4.83. The number of hydrogen-bond acceptors (Lipinski definition) is 6. The van der Waals surface area contributed by atoms with Crippen molar-refractivity contribution in [2.45, 2.75) is 64.8 Å². The van der Waals surface area contributed by atoms with E-state index >= 15 is 0 Å². The normalized spacial score (nSPS) is 26.2. The van der Waals surface area contributed by atoms with Crippen LogP contribution in [0.2, 0.25) is 0 Å². The molecule has 1 unspecified atom stereocenters. The summed E-state index contributed by atoms with van der Waals surface area (Å²) in [6, 6.07) is 8.35. The Morgan fingerprint density at radius 3 is 2.42 bits per heavy atom. The summed E-state index contributed by atoms with van der Waals surface area (Å²) >= 11 is 0. The van der Waals surface area contributed by atoms with Crippen molar-refractivity contribution in [1.29, 1.82) is 0 Å². The number of nitrogens with one attached hydrogen (secondary N) is 1. The predicted molar refractivity (Wildman–Crippen MR) is 126 cm³/mol. The van der Waals surface area contributed by atoms with Crippen LogP contribution in [0.4, 0.5) is 0 Å². The van der Waals surface area contributed by atoms with Crippen LogP contribution in [0.5, 0.6) is 0 Å². The molecule has 1 aromatic rings. The van der Waals surface area contributed by atoms with Gasteiger partial charge in [-0.2, -0.15) is 9.42 Å². The van der Waals surface area contributed by atoms with Crippen molar-refractivity contribution in [3.8, 4) is 0 Å². The average molecular weight is 469 g/mol. The van der Waals surface area contributed by atoms with Crippen molar-refractivity contribution in [3.05, 3.63) is 53.0 Å². The molecule has 0 saturated carbocycles. The molecule has 5 rings (SSSR count). The van der Waals surface area contributed by atoms with E-state index in [1.54, 1.807) is 30.3 Å². The standard InChI is InChI=1S/C25H32N4O3S/c1-23(2,3)11-18-21-22(28-27-18)26-17-12-24(4,5)13-19(30)20(17)25(21)14-29(15-25)33(31,32)16-9-7-6-8-10-16/h6-10,18,26H,11-15H2,1-5H3. The number of Topliss-reactive ketones (excluding diaryl/α,β-unsaturated/α-hetero) is 1. The van der Waals surface area contributed by atoms with Gasteiger partial charge >= 0.3 is 0 Å². The fraction of sp³-hybridized carbons (Fsp3) is 0.560. The molecule has 33 heavy (non-hydrogen) atoms. The van der Waals surface area contributed by atoms with Crippen LogP contribution in [-0.4, -0.2) is 37.6 Å². The fourth-order valence-electron chi connectivity index (χ4n) is 5.81. The molecule has 0 bridgehead atoms. The SMILES string of the molecule is CC(C)(C)CC1N=NC2=C1C1(CN(S(=O)(=O)c3ccccc3)C1)C1=C(CC(C)(C)CC1=O)N2. The fourth-order valence-corrected chi connectivity index (χ4v) is 7.39. The first-order chi connectivity index (χ1) is 15.3. The van der Waals surface area contributed by atoms with E-state index in [-0.39, 0.29) is 40.6 Å². The topological polar surface area (TPSA) is 91.2 Å². The van der Waals surface area contributed by atoms with E-state index in [0.29, 0.717) is 12.2 Å². The number of benzene rings is 1. The van der Waals surface area contributed by atoms with Gasteiger partial charge in [0, 0.05) is 36.4 Å². The van der Waals surface area contributed by atoms with Gasteiger partial charge in [-0.1, -0.05) is 52.8 Å². The largest absolute Gasteiger partial charge is 0.342 e. The van der Waals surface area contributed by atoms with Crippen LogP contribution in [0, 0.1) is 16.2 Å². The van der Waals surface area contributed by atoms with Crippen LogP contribution in [0.15, 0.2) is 68.1 Å². The minimum Gasteiger partial charge on any atom is -0.342 e. The smallest absolute Gasteiger partial charge is 0.243 e. The van der Waals surface area contributed by atoms with Gasteiger partial charge in [0.2, 0.25) is 10.0 Å². The van der Waals surface area contributed by atoms with E-state index in [4.69, 9.17) is 0 Å². The molecule has 1 aromatic carbocycles. The van der Waals surface area contributed by atoms with Crippen molar-refractivity contribution >= 4 is 15.8 Å². The molecule has 3 aliphatic heterocycles. The quantitative estimate of drug-likeness (QED) is 0.712. The Bertz CT molecular complexity index is 1210. The van der Waals surface area contributed by atoms with Gasteiger partial charge in [0.1, 0.15) is 0 Å². The van der Waals surface area contributed by atoms with Gasteiger partial charge in [-0.05, 0) is 35.8 Å². The van der Waals surface area contributed by atoms with Crippen molar-refractivity contribution < 1.29 is 13.2 Å². The number of sulfonamides is 1. The van der Waals surface area contributed by atoms with Crippen molar-refractivity contribution in [3.63, 3.8) is 0 Å². The summed E-state index contributed by atoms with van der Waals surface area (Å²) < 4.78 is 28.2. The number of carbonyl (C=O) groups excluding carboxylic acids is 1. The number of carbonyl (C=O) groups is 1. The lowest BCUT2D eigenvalue weighted by atomic mass is 9.59. The second-order valence-corrected chi connectivity index (χ2v) is 13.8. The monoisotopic (exact) mass is 468 g/mol. The lowest BCUT2D eigenvalue weighted by molar-refractivity contribution is -0.120. The zero-order chi connectivity index (χ0) is 23.8. The summed E-state index contributed by atoms with van der Waals surface area (Å²) in [4.78, 5) is 13.8. The summed E-state index contributed by atoms with van der Waals surface area (Å²) in [6.45, 7) is 11.2. The molecule has 1 spiro atoms. The number of allylic oxidation sites excluding steroid dienone is 1. The summed E-state index contributed by atoms with van der Waals surface area (Å²) in [5.41, 5.74) is 1.84. The molecule has 8 heteroatoms. The number of nitrogens with zero attached hydrogens (tertiary/aromatic N) is 3. The molecular weight excluding hydrogens is 436 g/mol. The lowest BCUT2D eigenvalue weighted by Gasteiger charge is -2.55. The van der Waals surface area contributed by atoms with Gasteiger partial charge < -0.3 is 5.32 Å². The van der Waals surface area contributed by atoms with Crippen LogP contribution < -0.4 is 5.32 Å². The first-order valence-electron chi connectivity index (χ1n) is 11.6. The number of fused-ring (bicyclic) bond motifs is 2. The van der Waals surface area contributed by atoms with Gasteiger partial charge in [-0.25, -0.2) is 8.42 Å². The molecule has 4 aliphatic rings. The minimum absolute atomic E-state index is 0.0140. The highest BCUT2D eigenvalue weighted by Crippen LogP contribution is 2.57. The highest BCUT2D eigenvalue weighted by Gasteiger charge is 2.61. The Hall–Kier alpha value is -2.32. The van der Waals surface area contributed by atoms with Crippen LogP contribution in [0.1, 0.15) is 53.9 Å².